The lowest BCUT2D eigenvalue weighted by Gasteiger charge is -1.96. The first-order chi connectivity index (χ1) is 8.33. The molecule has 1 aromatic rings. The fourth-order valence-corrected chi connectivity index (χ4v) is 1.53. The summed E-state index contributed by atoms with van der Waals surface area (Å²) < 4.78 is 17.4. The number of thioether (sulfide) groups is 2. The van der Waals surface area contributed by atoms with Crippen LogP contribution in [0.3, 0.4) is 0 Å². The van der Waals surface area contributed by atoms with Gasteiger partial charge < -0.3 is 0 Å². The highest BCUT2D eigenvalue weighted by Gasteiger charge is 1.93. The molecule has 0 aliphatic heterocycles. The monoisotopic (exact) mass is 332 g/mol. The van der Waals surface area contributed by atoms with Gasteiger partial charge in [0, 0.05) is 18.9 Å². The molecule has 0 unspecified atom stereocenters. The van der Waals surface area contributed by atoms with Crippen molar-refractivity contribution >= 4 is 40.0 Å². The summed E-state index contributed by atoms with van der Waals surface area (Å²) in [5.41, 5.74) is 0. The second kappa shape index (κ2) is 13.4. The minimum absolute atomic E-state index is 1.33. The lowest BCUT2D eigenvalue weighted by Crippen LogP contribution is -1.69. The van der Waals surface area contributed by atoms with E-state index in [1.54, 1.807) is 23.5 Å². The average molecular weight is 332 g/mol. The van der Waals surface area contributed by atoms with Gasteiger partial charge in [-0.15, -0.1) is 43.1 Å². The summed E-state index contributed by atoms with van der Waals surface area (Å²) in [5, 5.41) is 0. The van der Waals surface area contributed by atoms with Crippen molar-refractivity contribution in [1.82, 2.24) is 0 Å². The lowest BCUT2D eigenvalue weighted by atomic mass is 10.4. The molecule has 0 bridgehead atoms. The smallest absolute Gasteiger partial charge is 0.134 e. The molecule has 0 aliphatic carbocycles. The van der Waals surface area contributed by atoms with Crippen molar-refractivity contribution in [2.75, 3.05) is 12.5 Å². The van der Waals surface area contributed by atoms with Crippen LogP contribution < -0.4 is 0 Å². The van der Waals surface area contributed by atoms with Crippen molar-refractivity contribution in [2.24, 2.45) is 0 Å². The molecule has 0 atom stereocenters. The molecule has 0 aliphatic rings. The van der Waals surface area contributed by atoms with Gasteiger partial charge >= 0.3 is 16.5 Å². The Hall–Kier alpha value is -0.0400. The van der Waals surface area contributed by atoms with Crippen LogP contribution in [0.4, 0.5) is 0 Å². The molecule has 1 rings (SSSR count). The predicted octanol–water partition coefficient (Wildman–Crippen LogP) is 2.39. The van der Waals surface area contributed by atoms with Gasteiger partial charge in [0.25, 0.3) is 0 Å². The Kier molecular flexibility index (Phi) is 15.1. The van der Waals surface area contributed by atoms with Crippen LogP contribution in [-0.2, 0) is 9.13 Å². The Balaban J connectivity index is 0. The summed E-state index contributed by atoms with van der Waals surface area (Å²) >= 11 is 3.56. The maximum absolute atomic E-state index is 8.70. The lowest BCUT2D eigenvalue weighted by molar-refractivity contribution is 0.403. The van der Waals surface area contributed by atoms with Crippen molar-refractivity contribution in [3.63, 3.8) is 0 Å². The first kappa shape index (κ1) is 20.3. The van der Waals surface area contributed by atoms with Gasteiger partial charge in [0.2, 0.25) is 0 Å². The van der Waals surface area contributed by atoms with Crippen LogP contribution in [-0.4, -0.2) is 32.1 Å². The van der Waals surface area contributed by atoms with Crippen LogP contribution in [0.5, 0.6) is 0 Å². The Morgan fingerprint density at radius 3 is 1.06 bits per heavy atom. The topological polar surface area (TPSA) is 115 Å². The predicted molar refractivity (Wildman–Crippen MR) is 74.1 cm³/mol. The van der Waals surface area contributed by atoms with Crippen LogP contribution in [0, 0.1) is 0 Å². The maximum Gasteiger partial charge on any atom is 0.692 e. The molecule has 10 heteroatoms. The summed E-state index contributed by atoms with van der Waals surface area (Å²) in [4.78, 5) is 31.1. The molecule has 102 valence electrons. The molecule has 6 nitrogen and oxygen atoms in total. The average Bonchev–Trinajstić information content (AvgIpc) is 2.28. The zero-order chi connectivity index (χ0) is 14.6. The van der Waals surface area contributed by atoms with Crippen molar-refractivity contribution < 1.29 is 28.7 Å². The van der Waals surface area contributed by atoms with Gasteiger partial charge in [-0.3, -0.25) is 0 Å². The molecule has 0 amide bonds. The molecule has 0 heterocycles. The van der Waals surface area contributed by atoms with Gasteiger partial charge in [-0.1, -0.05) is 0 Å². The van der Waals surface area contributed by atoms with Gasteiger partial charge in [0.15, 0.2) is 0 Å². The normalized spacial score (nSPS) is 8.33. The van der Waals surface area contributed by atoms with E-state index in [-0.39, 0.29) is 0 Å². The van der Waals surface area contributed by atoms with E-state index in [1.165, 1.54) is 9.79 Å². The highest BCUT2D eigenvalue weighted by molar-refractivity contribution is 7.99. The van der Waals surface area contributed by atoms with E-state index >= 15 is 0 Å². The number of rotatable bonds is 2. The summed E-state index contributed by atoms with van der Waals surface area (Å²) in [6.45, 7) is 0. The van der Waals surface area contributed by atoms with E-state index in [4.69, 9.17) is 28.7 Å². The van der Waals surface area contributed by atoms with Gasteiger partial charge in [0.1, 0.15) is 0 Å². The van der Waals surface area contributed by atoms with Crippen molar-refractivity contribution in [2.45, 2.75) is 9.79 Å². The Morgan fingerprint density at radius 1 is 0.778 bits per heavy atom. The van der Waals surface area contributed by atoms with E-state index in [0.29, 0.717) is 0 Å². The number of hydrogen-bond donors (Lipinski definition) is 4. The molecule has 18 heavy (non-hydrogen) atoms. The first-order valence-electron chi connectivity index (χ1n) is 4.21. The van der Waals surface area contributed by atoms with Gasteiger partial charge in [-0.05, 0) is 36.8 Å². The molecule has 0 saturated heterocycles. The van der Waals surface area contributed by atoms with Crippen LogP contribution in [0.15, 0.2) is 34.1 Å². The summed E-state index contributed by atoms with van der Waals surface area (Å²) in [7, 11) is -5.74. The van der Waals surface area contributed by atoms with E-state index in [9.17, 15) is 0 Å². The summed E-state index contributed by atoms with van der Waals surface area (Å²) in [6.07, 6.45) is 4.18. The SMILES string of the molecule is CSc1ccc(SC)cc1.O=[P+](O)O.O=[P+](O)O. The van der Waals surface area contributed by atoms with Crippen LogP contribution in [0.1, 0.15) is 0 Å². The zero-order valence-electron chi connectivity index (χ0n) is 9.63. The Morgan fingerprint density at radius 2 is 0.944 bits per heavy atom. The maximum atomic E-state index is 8.70. The molecule has 0 spiro atoms. The fourth-order valence-electron chi connectivity index (χ4n) is 0.712. The van der Waals surface area contributed by atoms with Crippen LogP contribution >= 0.6 is 40.0 Å². The first-order valence-corrected chi connectivity index (χ1v) is 8.99. The van der Waals surface area contributed by atoms with Gasteiger partial charge in [-0.25, -0.2) is 0 Å². The fraction of sp³-hybridized carbons (Fsp3) is 0.250. The molecule has 1 aromatic carbocycles. The highest BCUT2D eigenvalue weighted by Crippen LogP contribution is 2.19. The van der Waals surface area contributed by atoms with Crippen molar-refractivity contribution in [3.05, 3.63) is 24.3 Å². The van der Waals surface area contributed by atoms with Crippen LogP contribution in [0.2, 0.25) is 0 Å². The highest BCUT2D eigenvalue weighted by atomic mass is 32.2. The molecular weight excluding hydrogens is 318 g/mol. The third-order valence-electron chi connectivity index (χ3n) is 1.30. The standard InChI is InChI=1S/C8H10S2.2HO3P/c1-9-7-3-5-8(10-2)6-4-7;2*1-4(2)3/h3-6H,1-2H3;2*(H-,1,2,3)/p+2. The second-order valence-electron chi connectivity index (χ2n) is 2.39. The number of hydrogen-bond acceptors (Lipinski definition) is 4. The summed E-state index contributed by atoms with van der Waals surface area (Å²) in [6, 6.07) is 8.60. The van der Waals surface area contributed by atoms with E-state index in [0.717, 1.165) is 0 Å². The quantitative estimate of drug-likeness (QED) is 0.482. The second-order valence-corrected chi connectivity index (χ2v) is 5.16. The molecule has 0 saturated carbocycles. The molecule has 0 radical (unpaired) electrons. The van der Waals surface area contributed by atoms with E-state index in [1.807, 2.05) is 0 Å². The third-order valence-corrected chi connectivity index (χ3v) is 2.78. The largest absolute Gasteiger partial charge is 0.692 e. The molecule has 0 aromatic heterocycles. The van der Waals surface area contributed by atoms with E-state index in [2.05, 4.69) is 36.8 Å². The molecule has 0 fully saturated rings. The minimum atomic E-state index is -2.87. The van der Waals surface area contributed by atoms with E-state index < -0.39 is 16.5 Å². The minimum Gasteiger partial charge on any atom is -0.134 e. The Labute approximate surface area is 115 Å². The van der Waals surface area contributed by atoms with Crippen molar-refractivity contribution in [3.8, 4) is 0 Å². The third kappa shape index (κ3) is 18.3. The van der Waals surface area contributed by atoms with Gasteiger partial charge in [0.05, 0.1) is 0 Å². The summed E-state index contributed by atoms with van der Waals surface area (Å²) in [5.74, 6) is 0. The Bertz CT molecular complexity index is 316. The van der Waals surface area contributed by atoms with Crippen LogP contribution in [0.25, 0.3) is 0 Å². The van der Waals surface area contributed by atoms with Gasteiger partial charge in [-0.2, -0.15) is 0 Å². The number of benzene rings is 1. The zero-order valence-corrected chi connectivity index (χ0v) is 13.0. The molecule has 4 N–H and O–H groups in total. The molecular formula is C8H14O6P2S2+2. The van der Waals surface area contributed by atoms with Crippen molar-refractivity contribution in [1.29, 1.82) is 0 Å².